The first-order chi connectivity index (χ1) is 12.0. The van der Waals surface area contributed by atoms with Gasteiger partial charge in [0.1, 0.15) is 5.76 Å². The highest BCUT2D eigenvalue weighted by Crippen LogP contribution is 2.29. The molecule has 2 aliphatic heterocycles. The first kappa shape index (κ1) is 17.8. The van der Waals surface area contributed by atoms with Crippen LogP contribution < -0.4 is 5.32 Å². The van der Waals surface area contributed by atoms with E-state index in [9.17, 15) is 9.59 Å². The highest BCUT2D eigenvalue weighted by molar-refractivity contribution is 5.81. The van der Waals surface area contributed by atoms with Gasteiger partial charge < -0.3 is 19.5 Å². The molecule has 0 aromatic carbocycles. The number of furan rings is 1. The summed E-state index contributed by atoms with van der Waals surface area (Å²) < 4.78 is 5.49. The van der Waals surface area contributed by atoms with Crippen molar-refractivity contribution in [3.8, 4) is 0 Å². The zero-order valence-corrected chi connectivity index (χ0v) is 15.2. The Morgan fingerprint density at radius 2 is 2.08 bits per heavy atom. The molecule has 2 unspecified atom stereocenters. The van der Waals surface area contributed by atoms with Crippen LogP contribution >= 0.6 is 0 Å². The predicted molar refractivity (Wildman–Crippen MR) is 95.2 cm³/mol. The second-order valence-corrected chi connectivity index (χ2v) is 7.65. The number of piperidine rings is 1. The molecule has 6 heteroatoms. The standard InChI is InChI=1S/C19H29N3O3/c1-14(2)11-20-19(24)22-8-3-5-16(13-22)18(23)21-9-7-15(12-21)17-6-4-10-25-17/h4,6,10,14-16H,3,5,7-9,11-13H2,1-2H3,(H,20,24). The minimum atomic E-state index is -0.0751. The number of nitrogens with one attached hydrogen (secondary N) is 1. The molecule has 1 aromatic rings. The van der Waals surface area contributed by atoms with E-state index < -0.39 is 0 Å². The number of hydrogen-bond donors (Lipinski definition) is 1. The Morgan fingerprint density at radius 3 is 2.80 bits per heavy atom. The second kappa shape index (κ2) is 7.93. The van der Waals surface area contributed by atoms with Crippen molar-refractivity contribution in [1.29, 1.82) is 0 Å². The first-order valence-electron chi connectivity index (χ1n) is 9.39. The Hall–Kier alpha value is -1.98. The molecular formula is C19H29N3O3. The van der Waals surface area contributed by atoms with Gasteiger partial charge in [-0.1, -0.05) is 13.8 Å². The van der Waals surface area contributed by atoms with E-state index in [1.807, 2.05) is 17.0 Å². The maximum atomic E-state index is 12.9. The number of likely N-dealkylation sites (tertiary alicyclic amines) is 2. The van der Waals surface area contributed by atoms with Gasteiger partial charge in [0.05, 0.1) is 12.2 Å². The molecule has 0 aliphatic carbocycles. The minimum Gasteiger partial charge on any atom is -0.469 e. The van der Waals surface area contributed by atoms with Crippen LogP contribution in [-0.2, 0) is 4.79 Å². The van der Waals surface area contributed by atoms with Gasteiger partial charge in [-0.25, -0.2) is 4.79 Å². The summed E-state index contributed by atoms with van der Waals surface area (Å²) in [6.07, 6.45) is 4.40. The van der Waals surface area contributed by atoms with E-state index in [2.05, 4.69) is 19.2 Å². The van der Waals surface area contributed by atoms with Crippen molar-refractivity contribution in [2.75, 3.05) is 32.7 Å². The Morgan fingerprint density at radius 1 is 1.24 bits per heavy atom. The van der Waals surface area contributed by atoms with Crippen LogP contribution in [0.15, 0.2) is 22.8 Å². The number of carbonyl (C=O) groups excluding carboxylic acids is 2. The van der Waals surface area contributed by atoms with Gasteiger partial charge in [0.15, 0.2) is 0 Å². The molecule has 2 saturated heterocycles. The highest BCUT2D eigenvalue weighted by Gasteiger charge is 2.35. The zero-order chi connectivity index (χ0) is 17.8. The van der Waals surface area contributed by atoms with E-state index in [4.69, 9.17) is 4.42 Å². The molecule has 1 N–H and O–H groups in total. The van der Waals surface area contributed by atoms with Gasteiger partial charge in [-0.15, -0.1) is 0 Å². The Kier molecular flexibility index (Phi) is 5.66. The third kappa shape index (κ3) is 4.35. The fourth-order valence-electron chi connectivity index (χ4n) is 3.74. The van der Waals surface area contributed by atoms with Gasteiger partial charge in [0.25, 0.3) is 0 Å². The number of carbonyl (C=O) groups is 2. The molecule has 0 saturated carbocycles. The summed E-state index contributed by atoms with van der Waals surface area (Å²) >= 11 is 0. The molecule has 3 amide bonds. The summed E-state index contributed by atoms with van der Waals surface area (Å²) in [5.74, 6) is 1.81. The third-order valence-electron chi connectivity index (χ3n) is 5.16. The highest BCUT2D eigenvalue weighted by atomic mass is 16.3. The topological polar surface area (TPSA) is 65.8 Å². The molecular weight excluding hydrogens is 318 g/mol. The normalized spacial score (nSPS) is 24.0. The molecule has 2 fully saturated rings. The molecule has 3 rings (SSSR count). The van der Waals surface area contributed by atoms with Crippen LogP contribution in [0.3, 0.4) is 0 Å². The predicted octanol–water partition coefficient (Wildman–Crippen LogP) is 2.67. The van der Waals surface area contributed by atoms with Crippen molar-refractivity contribution in [3.05, 3.63) is 24.2 Å². The second-order valence-electron chi connectivity index (χ2n) is 7.65. The smallest absolute Gasteiger partial charge is 0.317 e. The van der Waals surface area contributed by atoms with Crippen LogP contribution in [0.5, 0.6) is 0 Å². The lowest BCUT2D eigenvalue weighted by atomic mass is 9.96. The van der Waals surface area contributed by atoms with Crippen LogP contribution in [0.1, 0.15) is 44.8 Å². The maximum absolute atomic E-state index is 12.9. The quantitative estimate of drug-likeness (QED) is 0.911. The van der Waals surface area contributed by atoms with Crippen molar-refractivity contribution in [2.45, 2.75) is 39.0 Å². The number of nitrogens with zero attached hydrogens (tertiary/aromatic N) is 2. The van der Waals surface area contributed by atoms with Crippen LogP contribution in [-0.4, -0.2) is 54.5 Å². The van der Waals surface area contributed by atoms with Gasteiger partial charge in [-0.05, 0) is 37.3 Å². The Bertz CT molecular complexity index is 585. The van der Waals surface area contributed by atoms with Crippen LogP contribution in [0.25, 0.3) is 0 Å². The van der Waals surface area contributed by atoms with Crippen molar-refractivity contribution in [3.63, 3.8) is 0 Å². The number of amides is 3. The average Bonchev–Trinajstić information content (AvgIpc) is 3.30. The molecule has 0 bridgehead atoms. The van der Waals surface area contributed by atoms with Crippen molar-refractivity contribution in [1.82, 2.24) is 15.1 Å². The van der Waals surface area contributed by atoms with E-state index in [1.165, 1.54) is 0 Å². The Labute approximate surface area is 149 Å². The van der Waals surface area contributed by atoms with Crippen molar-refractivity contribution >= 4 is 11.9 Å². The van der Waals surface area contributed by atoms with E-state index in [1.54, 1.807) is 11.2 Å². The van der Waals surface area contributed by atoms with E-state index >= 15 is 0 Å². The number of hydrogen-bond acceptors (Lipinski definition) is 3. The fourth-order valence-corrected chi connectivity index (χ4v) is 3.74. The van der Waals surface area contributed by atoms with Gasteiger partial charge in [-0.2, -0.15) is 0 Å². The molecule has 25 heavy (non-hydrogen) atoms. The number of rotatable bonds is 4. The molecule has 2 aliphatic rings. The van der Waals surface area contributed by atoms with E-state index in [-0.39, 0.29) is 17.9 Å². The van der Waals surface area contributed by atoms with E-state index in [0.717, 1.165) is 44.7 Å². The van der Waals surface area contributed by atoms with Gasteiger partial charge in [-0.3, -0.25) is 4.79 Å². The molecule has 2 atom stereocenters. The van der Waals surface area contributed by atoms with Crippen LogP contribution in [0, 0.1) is 11.8 Å². The lowest BCUT2D eigenvalue weighted by molar-refractivity contribution is -0.135. The van der Waals surface area contributed by atoms with Crippen molar-refractivity contribution in [2.24, 2.45) is 11.8 Å². The summed E-state index contributed by atoms with van der Waals surface area (Å²) in [7, 11) is 0. The van der Waals surface area contributed by atoms with E-state index in [0.29, 0.717) is 24.9 Å². The third-order valence-corrected chi connectivity index (χ3v) is 5.16. The van der Waals surface area contributed by atoms with Gasteiger partial charge in [0, 0.05) is 38.6 Å². The largest absolute Gasteiger partial charge is 0.469 e. The van der Waals surface area contributed by atoms with Crippen molar-refractivity contribution < 1.29 is 14.0 Å². The number of urea groups is 1. The maximum Gasteiger partial charge on any atom is 0.317 e. The molecule has 0 radical (unpaired) electrons. The zero-order valence-electron chi connectivity index (χ0n) is 15.2. The summed E-state index contributed by atoms with van der Waals surface area (Å²) in [6.45, 7) is 7.60. The van der Waals surface area contributed by atoms with Crippen LogP contribution in [0.2, 0.25) is 0 Å². The summed E-state index contributed by atoms with van der Waals surface area (Å²) in [5.41, 5.74) is 0. The fraction of sp³-hybridized carbons (Fsp3) is 0.684. The SMILES string of the molecule is CC(C)CNC(=O)N1CCCC(C(=O)N2CCC(c3ccco3)C2)C1. The minimum absolute atomic E-state index is 0.0407. The van der Waals surface area contributed by atoms with Crippen LogP contribution in [0.4, 0.5) is 4.79 Å². The molecule has 138 valence electrons. The molecule has 3 heterocycles. The lowest BCUT2D eigenvalue weighted by Gasteiger charge is -2.34. The molecule has 0 spiro atoms. The first-order valence-corrected chi connectivity index (χ1v) is 9.39. The van der Waals surface area contributed by atoms with Gasteiger partial charge >= 0.3 is 6.03 Å². The Balaban J connectivity index is 1.53. The monoisotopic (exact) mass is 347 g/mol. The summed E-state index contributed by atoms with van der Waals surface area (Å²) in [4.78, 5) is 28.9. The van der Waals surface area contributed by atoms with Gasteiger partial charge in [0.2, 0.25) is 5.91 Å². The molecule has 6 nitrogen and oxygen atoms in total. The molecule has 1 aromatic heterocycles. The summed E-state index contributed by atoms with van der Waals surface area (Å²) in [5, 5.41) is 2.96. The summed E-state index contributed by atoms with van der Waals surface area (Å²) in [6, 6.07) is 3.84. The average molecular weight is 347 g/mol. The lowest BCUT2D eigenvalue weighted by Crippen LogP contribution is -2.49.